The number of rotatable bonds is 9. The fourth-order valence-electron chi connectivity index (χ4n) is 14.5. The summed E-state index contributed by atoms with van der Waals surface area (Å²) in [5, 5.41) is 2.35. The van der Waals surface area contributed by atoms with E-state index in [1.807, 2.05) is 6.20 Å². The van der Waals surface area contributed by atoms with Crippen molar-refractivity contribution in [2.75, 3.05) is 16.5 Å². The summed E-state index contributed by atoms with van der Waals surface area (Å²) in [6, 6.07) is 90.1. The maximum absolute atomic E-state index is 7.52. The number of aromatic nitrogens is 2. The first kappa shape index (κ1) is 51.4. The monoisotopic (exact) mass is 1090 g/mol. The molecule has 15 rings (SSSR count). The molecule has 1 aliphatic heterocycles. The lowest BCUT2D eigenvalue weighted by molar-refractivity contribution is 0.320. The Hall–Kier alpha value is -9.45. The van der Waals surface area contributed by atoms with Crippen LogP contribution in [0.5, 0.6) is 11.5 Å². The fourth-order valence-corrected chi connectivity index (χ4v) is 14.5. The Balaban J connectivity index is 0.928. The van der Waals surface area contributed by atoms with Crippen LogP contribution in [-0.2, 0) is 21.7 Å². The zero-order chi connectivity index (χ0) is 57.1. The van der Waals surface area contributed by atoms with E-state index in [1.54, 1.807) is 0 Å². The molecule has 5 nitrogen and oxygen atoms in total. The second-order valence-electron chi connectivity index (χ2n) is 25.8. The van der Waals surface area contributed by atoms with Crippen LogP contribution in [-0.4, -0.2) is 16.2 Å². The average molecular weight is 1090 g/mol. The van der Waals surface area contributed by atoms with Crippen molar-refractivity contribution in [1.82, 2.24) is 9.55 Å². The van der Waals surface area contributed by atoms with Gasteiger partial charge in [-0.1, -0.05) is 218 Å². The highest BCUT2D eigenvalue weighted by molar-refractivity contribution is 6.09. The molecule has 410 valence electrons. The Labute approximate surface area is 494 Å². The number of nitrogens with zero attached hydrogens (tertiary/aromatic N) is 4. The third-order valence-corrected chi connectivity index (χ3v) is 18.8. The molecule has 0 unspecified atom stereocenters. The van der Waals surface area contributed by atoms with Gasteiger partial charge in [0.2, 0.25) is 0 Å². The average Bonchev–Trinajstić information content (AvgIpc) is 1.83. The molecule has 0 bridgehead atoms. The lowest BCUT2D eigenvalue weighted by atomic mass is 9.63. The van der Waals surface area contributed by atoms with E-state index < -0.39 is 5.41 Å². The van der Waals surface area contributed by atoms with Crippen molar-refractivity contribution in [3.8, 4) is 50.7 Å². The third kappa shape index (κ3) is 8.07. The van der Waals surface area contributed by atoms with Crippen molar-refractivity contribution < 1.29 is 4.74 Å². The second-order valence-corrected chi connectivity index (χ2v) is 25.8. The quantitative estimate of drug-likeness (QED) is 0.144. The molecule has 0 atom stereocenters. The minimum Gasteiger partial charge on any atom is -0.457 e. The van der Waals surface area contributed by atoms with Gasteiger partial charge < -0.3 is 14.5 Å². The first-order valence-electron chi connectivity index (χ1n) is 29.8. The highest BCUT2D eigenvalue weighted by atomic mass is 16.5. The summed E-state index contributed by atoms with van der Waals surface area (Å²) < 4.78 is 9.83. The van der Waals surface area contributed by atoms with Gasteiger partial charge in [0.1, 0.15) is 24.0 Å². The van der Waals surface area contributed by atoms with E-state index in [0.717, 1.165) is 80.5 Å². The summed E-state index contributed by atoms with van der Waals surface area (Å²) in [6.45, 7) is 17.0. The topological polar surface area (TPSA) is 33.5 Å². The first-order chi connectivity index (χ1) is 40.8. The molecule has 3 heterocycles. The van der Waals surface area contributed by atoms with Crippen molar-refractivity contribution in [2.24, 2.45) is 0 Å². The minimum atomic E-state index is -0.607. The van der Waals surface area contributed by atoms with Crippen molar-refractivity contribution in [3.63, 3.8) is 0 Å². The SMILES string of the molecule is CC(C)(C)c1ccnc(-n2c3ccccc3c3ccc(Oc4cc(N5CN(c6c(-c7ccccc7)cc(C7(c8ccccc8)c8ccccc8-c8ccccc87)cc6-c6ccccc6)c6ccccc65)cc5c4C(C)(C)CCC5(C)C)cc32)c1. The largest absolute Gasteiger partial charge is 0.457 e. The summed E-state index contributed by atoms with van der Waals surface area (Å²) in [4.78, 5) is 10.1. The molecule has 0 amide bonds. The predicted octanol–water partition coefficient (Wildman–Crippen LogP) is 20.6. The van der Waals surface area contributed by atoms with Crippen LogP contribution in [0, 0.1) is 0 Å². The van der Waals surface area contributed by atoms with E-state index in [9.17, 15) is 0 Å². The maximum atomic E-state index is 7.52. The van der Waals surface area contributed by atoms with Gasteiger partial charge in [0.25, 0.3) is 0 Å². The van der Waals surface area contributed by atoms with Crippen molar-refractivity contribution in [2.45, 2.75) is 83.0 Å². The second kappa shape index (κ2) is 19.3. The van der Waals surface area contributed by atoms with Gasteiger partial charge in [-0.25, -0.2) is 4.98 Å². The van der Waals surface area contributed by atoms with Gasteiger partial charge in [-0.05, 0) is 145 Å². The standard InChI is InChI=1S/C79H68N4O/c1-76(2,3)55-41-44-80-73(47-55)83-68-36-22-19-33-61(68)62-40-39-58(50-71(62)83)84-72-49-57(48-67-74(72)78(6,7)43-42-77(67,4)5)81-51-82(70-38-24-23-37-69(70)81)75-63(52-25-11-8-12-26-52)45-56(46-64(75)53-27-13-9-14-28-53)79(54-29-15-10-16-30-54)65-34-20-17-31-59(65)60-32-18-21-35-66(60)79/h8-41,44-50H,42-43,51H2,1-7H3. The molecule has 0 N–H and O–H groups in total. The van der Waals surface area contributed by atoms with E-state index >= 15 is 0 Å². The van der Waals surface area contributed by atoms with Crippen LogP contribution in [0.4, 0.5) is 22.7 Å². The molecule has 5 heteroatoms. The summed E-state index contributed by atoms with van der Waals surface area (Å²) in [5.41, 5.74) is 22.0. The molecule has 2 aromatic heterocycles. The highest BCUT2D eigenvalue weighted by Crippen LogP contribution is 2.60. The summed E-state index contributed by atoms with van der Waals surface area (Å²) >= 11 is 0. The normalized spacial score (nSPS) is 15.4. The van der Waals surface area contributed by atoms with Crippen LogP contribution in [0.2, 0.25) is 0 Å². The number of hydrogen-bond acceptors (Lipinski definition) is 4. The lowest BCUT2D eigenvalue weighted by Crippen LogP contribution is -2.35. The first-order valence-corrected chi connectivity index (χ1v) is 29.8. The molecule has 0 fully saturated rings. The van der Waals surface area contributed by atoms with Crippen LogP contribution < -0.4 is 14.5 Å². The number of ether oxygens (including phenoxy) is 1. The number of para-hydroxylation sites is 3. The summed E-state index contributed by atoms with van der Waals surface area (Å²) in [6.07, 6.45) is 4.07. The molecule has 2 aliphatic carbocycles. The van der Waals surface area contributed by atoms with Gasteiger partial charge in [0.15, 0.2) is 0 Å². The van der Waals surface area contributed by atoms with E-state index in [0.29, 0.717) is 6.67 Å². The molecule has 0 saturated heterocycles. The van der Waals surface area contributed by atoms with E-state index in [1.165, 1.54) is 66.6 Å². The van der Waals surface area contributed by atoms with E-state index in [-0.39, 0.29) is 16.2 Å². The van der Waals surface area contributed by atoms with Gasteiger partial charge in [-0.3, -0.25) is 4.57 Å². The number of benzene rings is 10. The van der Waals surface area contributed by atoms with Crippen molar-refractivity contribution in [3.05, 3.63) is 288 Å². The zero-order valence-electron chi connectivity index (χ0n) is 49.0. The molecule has 84 heavy (non-hydrogen) atoms. The number of pyridine rings is 1. The number of hydrogen-bond donors (Lipinski definition) is 0. The molecule has 12 aromatic rings. The predicted molar refractivity (Wildman–Crippen MR) is 349 cm³/mol. The molecule has 0 radical (unpaired) electrons. The van der Waals surface area contributed by atoms with Gasteiger partial charge in [0, 0.05) is 51.5 Å². The van der Waals surface area contributed by atoms with Gasteiger partial charge in [-0.15, -0.1) is 0 Å². The lowest BCUT2D eigenvalue weighted by Gasteiger charge is -2.43. The van der Waals surface area contributed by atoms with Gasteiger partial charge in [0.05, 0.1) is 33.5 Å². The van der Waals surface area contributed by atoms with E-state index in [4.69, 9.17) is 9.72 Å². The number of anilines is 4. The minimum absolute atomic E-state index is 0.0384. The molecule has 0 spiro atoms. The zero-order valence-corrected chi connectivity index (χ0v) is 49.0. The Morgan fingerprint density at radius 3 is 1.67 bits per heavy atom. The third-order valence-electron chi connectivity index (χ3n) is 18.8. The van der Waals surface area contributed by atoms with Crippen molar-refractivity contribution in [1.29, 1.82) is 0 Å². The van der Waals surface area contributed by atoms with Crippen LogP contribution >= 0.6 is 0 Å². The summed E-state index contributed by atoms with van der Waals surface area (Å²) in [7, 11) is 0. The summed E-state index contributed by atoms with van der Waals surface area (Å²) in [5.74, 6) is 2.59. The molecular weight excluding hydrogens is 1020 g/mol. The number of fused-ring (bicyclic) bond motifs is 8. The molecule has 0 saturated carbocycles. The van der Waals surface area contributed by atoms with Crippen molar-refractivity contribution >= 4 is 44.6 Å². The van der Waals surface area contributed by atoms with Gasteiger partial charge in [-0.2, -0.15) is 0 Å². The Morgan fingerprint density at radius 2 is 1.01 bits per heavy atom. The molecule has 10 aromatic carbocycles. The van der Waals surface area contributed by atoms with Crippen LogP contribution in [0.25, 0.3) is 61.0 Å². The molecular formula is C79H68N4O. The van der Waals surface area contributed by atoms with Crippen LogP contribution in [0.1, 0.15) is 100 Å². The molecule has 3 aliphatic rings. The Kier molecular flexibility index (Phi) is 11.8. The Morgan fingerprint density at radius 1 is 0.452 bits per heavy atom. The van der Waals surface area contributed by atoms with Gasteiger partial charge >= 0.3 is 0 Å². The fraction of sp³-hybridized carbons (Fsp3) is 0.177. The van der Waals surface area contributed by atoms with E-state index in [2.05, 4.69) is 305 Å². The smallest absolute Gasteiger partial charge is 0.137 e. The van der Waals surface area contributed by atoms with Crippen LogP contribution in [0.15, 0.2) is 249 Å². The highest BCUT2D eigenvalue weighted by Gasteiger charge is 2.47. The Bertz CT molecular complexity index is 4440. The van der Waals surface area contributed by atoms with Crippen LogP contribution in [0.3, 0.4) is 0 Å². The maximum Gasteiger partial charge on any atom is 0.137 e.